The predicted octanol–water partition coefficient (Wildman–Crippen LogP) is 3.12. The number of carbonyl (C=O) groups is 2. The monoisotopic (exact) mass is 466 g/mol. The smallest absolute Gasteiger partial charge is 0.272 e. The van der Waals surface area contributed by atoms with Crippen LogP contribution in [-0.4, -0.2) is 49.2 Å². The number of hydrogen-bond donors (Lipinski definition) is 3. The van der Waals surface area contributed by atoms with E-state index in [0.717, 1.165) is 10.9 Å². The van der Waals surface area contributed by atoms with Gasteiger partial charge in [0.25, 0.3) is 5.91 Å². The number of nitrogens with one attached hydrogen (secondary N) is 3. The number of piperidine rings is 1. The minimum atomic E-state index is -3.63. The van der Waals surface area contributed by atoms with Gasteiger partial charge in [-0.25, -0.2) is 8.42 Å². The Morgan fingerprint density at radius 3 is 2.45 bits per heavy atom. The number of carbonyl (C=O) groups excluding carboxylic acids is 2. The fourth-order valence-corrected chi connectivity index (χ4v) is 5.39. The molecule has 3 N–H and O–H groups in total. The molecule has 9 heteroatoms. The van der Waals surface area contributed by atoms with Gasteiger partial charge in [0, 0.05) is 36.2 Å². The Hall–Kier alpha value is -3.43. The molecule has 0 aliphatic carbocycles. The van der Waals surface area contributed by atoms with Crippen LogP contribution < -0.4 is 10.6 Å². The molecular formula is C24H26N4O4S. The summed E-state index contributed by atoms with van der Waals surface area (Å²) in [5.41, 5.74) is 1.81. The van der Waals surface area contributed by atoms with Crippen molar-refractivity contribution in [3.63, 3.8) is 0 Å². The molecule has 2 heterocycles. The van der Waals surface area contributed by atoms with Crippen molar-refractivity contribution in [2.45, 2.75) is 17.7 Å². The second-order valence-electron chi connectivity index (χ2n) is 8.05. The number of nitrogens with zero attached hydrogens (tertiary/aromatic N) is 1. The number of para-hydroxylation sites is 1. The van der Waals surface area contributed by atoms with Gasteiger partial charge >= 0.3 is 0 Å². The third-order valence-corrected chi connectivity index (χ3v) is 7.76. The minimum Gasteiger partial charge on any atom is -0.352 e. The summed E-state index contributed by atoms with van der Waals surface area (Å²) in [6, 6.07) is 15.6. The van der Waals surface area contributed by atoms with E-state index in [2.05, 4.69) is 22.2 Å². The van der Waals surface area contributed by atoms with Crippen molar-refractivity contribution in [1.29, 1.82) is 0 Å². The number of sulfonamides is 1. The predicted molar refractivity (Wildman–Crippen MR) is 127 cm³/mol. The second-order valence-corrected chi connectivity index (χ2v) is 9.98. The molecule has 1 saturated heterocycles. The Bertz CT molecular complexity index is 1240. The molecule has 0 saturated carbocycles. The first-order chi connectivity index (χ1) is 15.9. The highest BCUT2D eigenvalue weighted by Gasteiger charge is 2.29. The van der Waals surface area contributed by atoms with Gasteiger partial charge in [0.1, 0.15) is 5.69 Å². The number of anilines is 1. The molecule has 0 spiro atoms. The molecule has 2 aromatic carbocycles. The van der Waals surface area contributed by atoms with Gasteiger partial charge in [-0.3, -0.25) is 9.59 Å². The highest BCUT2D eigenvalue weighted by Crippen LogP contribution is 2.25. The Balaban J connectivity index is 1.36. The van der Waals surface area contributed by atoms with Crippen LogP contribution in [0.1, 0.15) is 23.3 Å². The molecule has 4 rings (SSSR count). The van der Waals surface area contributed by atoms with E-state index in [1.165, 1.54) is 22.5 Å². The van der Waals surface area contributed by atoms with Crippen molar-refractivity contribution >= 4 is 38.4 Å². The van der Waals surface area contributed by atoms with Gasteiger partial charge in [-0.05, 0) is 61.2 Å². The maximum atomic E-state index is 13.0. The largest absolute Gasteiger partial charge is 0.352 e. The van der Waals surface area contributed by atoms with Crippen LogP contribution in [0.5, 0.6) is 0 Å². The highest BCUT2D eigenvalue weighted by atomic mass is 32.2. The molecule has 0 atom stereocenters. The third-order valence-electron chi connectivity index (χ3n) is 5.85. The van der Waals surface area contributed by atoms with Crippen LogP contribution in [0.3, 0.4) is 0 Å². The fraction of sp³-hybridized carbons (Fsp3) is 0.250. The SMILES string of the molecule is C=CC(=O)NCC1CCN(S(=O)(=O)c2ccc(NC(=O)c3cc4ccccc4[nH]3)cc2)CC1. The lowest BCUT2D eigenvalue weighted by atomic mass is 9.98. The lowest BCUT2D eigenvalue weighted by Crippen LogP contribution is -2.41. The normalized spacial score (nSPS) is 15.3. The zero-order valence-corrected chi connectivity index (χ0v) is 18.9. The molecule has 8 nitrogen and oxygen atoms in total. The first-order valence-electron chi connectivity index (χ1n) is 10.8. The fourth-order valence-electron chi connectivity index (χ4n) is 3.92. The third kappa shape index (κ3) is 5.15. The van der Waals surface area contributed by atoms with Crippen molar-refractivity contribution in [3.8, 4) is 0 Å². The average Bonchev–Trinajstić information content (AvgIpc) is 3.28. The number of aromatic amines is 1. The molecular weight excluding hydrogens is 440 g/mol. The molecule has 0 unspecified atom stereocenters. The lowest BCUT2D eigenvalue weighted by Gasteiger charge is -2.31. The molecule has 33 heavy (non-hydrogen) atoms. The highest BCUT2D eigenvalue weighted by molar-refractivity contribution is 7.89. The summed E-state index contributed by atoms with van der Waals surface area (Å²) in [7, 11) is -3.63. The molecule has 0 bridgehead atoms. The van der Waals surface area contributed by atoms with Gasteiger partial charge in [-0.15, -0.1) is 0 Å². The van der Waals surface area contributed by atoms with Crippen LogP contribution in [-0.2, 0) is 14.8 Å². The summed E-state index contributed by atoms with van der Waals surface area (Å²) >= 11 is 0. The number of benzene rings is 2. The summed E-state index contributed by atoms with van der Waals surface area (Å²) in [4.78, 5) is 27.1. The van der Waals surface area contributed by atoms with Gasteiger partial charge in [-0.1, -0.05) is 24.8 Å². The molecule has 1 aromatic heterocycles. The Kier molecular flexibility index (Phi) is 6.62. The molecule has 2 amide bonds. The second kappa shape index (κ2) is 9.60. The topological polar surface area (TPSA) is 111 Å². The zero-order chi connectivity index (χ0) is 23.4. The quantitative estimate of drug-likeness (QED) is 0.465. The molecule has 1 aliphatic rings. The van der Waals surface area contributed by atoms with Gasteiger partial charge in [0.05, 0.1) is 4.90 Å². The molecule has 0 radical (unpaired) electrons. The van der Waals surface area contributed by atoms with E-state index in [-0.39, 0.29) is 22.6 Å². The summed E-state index contributed by atoms with van der Waals surface area (Å²) in [6.45, 7) is 4.74. The summed E-state index contributed by atoms with van der Waals surface area (Å²) in [6.07, 6.45) is 2.58. The molecule has 1 fully saturated rings. The van der Waals surface area contributed by atoms with Gasteiger partial charge < -0.3 is 15.6 Å². The van der Waals surface area contributed by atoms with E-state index in [9.17, 15) is 18.0 Å². The van der Waals surface area contributed by atoms with Crippen LogP contribution >= 0.6 is 0 Å². The van der Waals surface area contributed by atoms with E-state index in [1.54, 1.807) is 18.2 Å². The van der Waals surface area contributed by atoms with Crippen LogP contribution in [0.25, 0.3) is 10.9 Å². The standard InChI is InChI=1S/C24H26N4O4S/c1-2-23(29)25-16-17-11-13-28(14-12-17)33(31,32)20-9-7-19(8-10-20)26-24(30)22-15-18-5-3-4-6-21(18)27-22/h2-10,15,17,27H,1,11-14,16H2,(H,25,29)(H,26,30). The van der Waals surface area contributed by atoms with Crippen LogP contribution in [0.2, 0.25) is 0 Å². The molecule has 1 aliphatic heterocycles. The number of rotatable bonds is 7. The molecule has 172 valence electrons. The van der Waals surface area contributed by atoms with Crippen molar-refractivity contribution in [2.75, 3.05) is 25.0 Å². The molecule has 3 aromatic rings. The van der Waals surface area contributed by atoms with E-state index >= 15 is 0 Å². The zero-order valence-electron chi connectivity index (χ0n) is 18.1. The van der Waals surface area contributed by atoms with Gasteiger partial charge in [0.2, 0.25) is 15.9 Å². The maximum absolute atomic E-state index is 13.0. The van der Waals surface area contributed by atoms with E-state index in [4.69, 9.17) is 0 Å². The summed E-state index contributed by atoms with van der Waals surface area (Å²) in [5, 5.41) is 6.50. The Labute approximate surface area is 192 Å². The van der Waals surface area contributed by atoms with E-state index < -0.39 is 10.0 Å². The minimum absolute atomic E-state index is 0.185. The number of hydrogen-bond acceptors (Lipinski definition) is 4. The number of amides is 2. The van der Waals surface area contributed by atoms with Crippen LogP contribution in [0, 0.1) is 5.92 Å². The number of H-pyrrole nitrogens is 1. The van der Waals surface area contributed by atoms with E-state index in [1.807, 2.05) is 24.3 Å². The first-order valence-corrected chi connectivity index (χ1v) is 12.2. The Morgan fingerprint density at radius 2 is 1.79 bits per heavy atom. The van der Waals surface area contributed by atoms with E-state index in [0.29, 0.717) is 43.9 Å². The van der Waals surface area contributed by atoms with Crippen molar-refractivity contribution < 1.29 is 18.0 Å². The first kappa shape index (κ1) is 22.8. The maximum Gasteiger partial charge on any atom is 0.272 e. The average molecular weight is 467 g/mol. The van der Waals surface area contributed by atoms with Gasteiger partial charge in [-0.2, -0.15) is 4.31 Å². The summed E-state index contributed by atoms with van der Waals surface area (Å²) in [5.74, 6) is -0.281. The van der Waals surface area contributed by atoms with Crippen LogP contribution in [0.15, 0.2) is 72.1 Å². The van der Waals surface area contributed by atoms with Crippen LogP contribution in [0.4, 0.5) is 5.69 Å². The number of aromatic nitrogens is 1. The van der Waals surface area contributed by atoms with Crippen molar-refractivity contribution in [1.82, 2.24) is 14.6 Å². The van der Waals surface area contributed by atoms with Gasteiger partial charge in [0.15, 0.2) is 0 Å². The lowest BCUT2D eigenvalue weighted by molar-refractivity contribution is -0.116. The van der Waals surface area contributed by atoms with Crippen molar-refractivity contribution in [2.24, 2.45) is 5.92 Å². The number of fused-ring (bicyclic) bond motifs is 1. The van der Waals surface area contributed by atoms with Crippen molar-refractivity contribution in [3.05, 3.63) is 72.9 Å². The summed E-state index contributed by atoms with van der Waals surface area (Å²) < 4.78 is 27.5. The Morgan fingerprint density at radius 1 is 1.09 bits per heavy atom.